The molecule has 1 aromatic carbocycles. The first-order valence-corrected chi connectivity index (χ1v) is 6.09. The molecule has 0 heterocycles. The number of rotatable bonds is 6. The van der Waals surface area contributed by atoms with Crippen molar-refractivity contribution in [3.63, 3.8) is 0 Å². The van der Waals surface area contributed by atoms with Crippen molar-refractivity contribution < 1.29 is 14.6 Å². The van der Waals surface area contributed by atoms with Crippen molar-refractivity contribution in [2.45, 2.75) is 25.9 Å². The van der Waals surface area contributed by atoms with Crippen molar-refractivity contribution in [1.29, 1.82) is 0 Å². The lowest BCUT2D eigenvalue weighted by molar-refractivity contribution is -0.145. The number of ether oxygens (including phenoxy) is 1. The van der Waals surface area contributed by atoms with Gasteiger partial charge in [-0.25, -0.2) is 0 Å². The number of hydrogen-bond donors (Lipinski definition) is 2. The smallest absolute Gasteiger partial charge is 0.309 e. The summed E-state index contributed by atoms with van der Waals surface area (Å²) < 4.78 is 4.71. The highest BCUT2D eigenvalue weighted by Crippen LogP contribution is 2.15. The molecule has 0 amide bonds. The van der Waals surface area contributed by atoms with Crippen LogP contribution in [0.3, 0.4) is 0 Å². The number of aliphatic hydroxyl groups excluding tert-OH is 1. The third-order valence-electron chi connectivity index (χ3n) is 3.17. The summed E-state index contributed by atoms with van der Waals surface area (Å²) in [6.45, 7) is 3.71. The minimum absolute atomic E-state index is 0.0117. The Bertz CT molecular complexity index is 367. The number of carbonyl (C=O) groups is 1. The Labute approximate surface area is 108 Å². The zero-order valence-electron chi connectivity index (χ0n) is 11.1. The number of hydrogen-bond acceptors (Lipinski definition) is 4. The average molecular weight is 251 g/mol. The molecule has 0 radical (unpaired) electrons. The lowest BCUT2D eigenvalue weighted by Crippen LogP contribution is -2.40. The van der Waals surface area contributed by atoms with Gasteiger partial charge in [-0.1, -0.05) is 37.3 Å². The van der Waals surface area contributed by atoms with Crippen LogP contribution in [0, 0.1) is 5.92 Å². The molecule has 4 nitrogen and oxygen atoms in total. The van der Waals surface area contributed by atoms with Gasteiger partial charge in [0.1, 0.15) is 0 Å². The molecular formula is C14H21NO3. The van der Waals surface area contributed by atoms with E-state index in [-0.39, 0.29) is 30.6 Å². The van der Waals surface area contributed by atoms with Crippen LogP contribution < -0.4 is 5.32 Å². The zero-order valence-corrected chi connectivity index (χ0v) is 11.1. The van der Waals surface area contributed by atoms with E-state index >= 15 is 0 Å². The molecule has 0 bridgehead atoms. The van der Waals surface area contributed by atoms with E-state index < -0.39 is 0 Å². The van der Waals surface area contributed by atoms with Gasteiger partial charge in [-0.3, -0.25) is 4.79 Å². The molecule has 0 aromatic heterocycles. The van der Waals surface area contributed by atoms with Crippen molar-refractivity contribution in [3.8, 4) is 0 Å². The Balaban J connectivity index is 2.66. The largest absolute Gasteiger partial charge is 0.469 e. The summed E-state index contributed by atoms with van der Waals surface area (Å²) in [5, 5.41) is 12.7. The van der Waals surface area contributed by atoms with Gasteiger partial charge in [0.25, 0.3) is 0 Å². The van der Waals surface area contributed by atoms with Gasteiger partial charge in [0.2, 0.25) is 0 Å². The molecule has 2 N–H and O–H groups in total. The summed E-state index contributed by atoms with van der Waals surface area (Å²) in [6, 6.07) is 9.43. The average Bonchev–Trinajstić information content (AvgIpc) is 2.43. The zero-order chi connectivity index (χ0) is 13.5. The number of nitrogens with one attached hydrogen (secondary N) is 1. The Morgan fingerprint density at radius 1 is 1.33 bits per heavy atom. The van der Waals surface area contributed by atoms with Crippen LogP contribution in [-0.4, -0.2) is 30.8 Å². The monoisotopic (exact) mass is 251 g/mol. The standard InChI is InChI=1S/C14H21NO3/c1-10(14(17)18-3)11(2)15-13(9-16)12-7-5-4-6-8-12/h4-8,10-11,13,15-16H,9H2,1-3H3. The second-order valence-electron chi connectivity index (χ2n) is 4.41. The van der Waals surface area contributed by atoms with Crippen LogP contribution in [0.25, 0.3) is 0 Å². The molecule has 3 atom stereocenters. The van der Waals surface area contributed by atoms with Crippen molar-refractivity contribution in [2.24, 2.45) is 5.92 Å². The Morgan fingerprint density at radius 3 is 2.44 bits per heavy atom. The number of esters is 1. The van der Waals surface area contributed by atoms with Crippen LogP contribution >= 0.6 is 0 Å². The molecule has 0 saturated heterocycles. The van der Waals surface area contributed by atoms with Gasteiger partial charge in [-0.05, 0) is 12.5 Å². The molecule has 18 heavy (non-hydrogen) atoms. The van der Waals surface area contributed by atoms with Crippen molar-refractivity contribution in [1.82, 2.24) is 5.32 Å². The minimum Gasteiger partial charge on any atom is -0.469 e. The van der Waals surface area contributed by atoms with Gasteiger partial charge in [-0.15, -0.1) is 0 Å². The predicted octanol–water partition coefficient (Wildman–Crippen LogP) is 1.51. The summed E-state index contributed by atoms with van der Waals surface area (Å²) in [7, 11) is 1.38. The maximum absolute atomic E-state index is 11.4. The first kappa shape index (κ1) is 14.7. The van der Waals surface area contributed by atoms with Crippen LogP contribution in [0.2, 0.25) is 0 Å². The quantitative estimate of drug-likeness (QED) is 0.752. The number of methoxy groups -OCH3 is 1. The predicted molar refractivity (Wildman–Crippen MR) is 70.0 cm³/mol. The van der Waals surface area contributed by atoms with E-state index in [1.165, 1.54) is 7.11 Å². The lowest BCUT2D eigenvalue weighted by atomic mass is 10.0. The molecular weight excluding hydrogens is 230 g/mol. The first-order valence-electron chi connectivity index (χ1n) is 6.09. The molecule has 4 heteroatoms. The van der Waals surface area contributed by atoms with Gasteiger partial charge in [0.15, 0.2) is 0 Å². The van der Waals surface area contributed by atoms with E-state index in [0.29, 0.717) is 0 Å². The van der Waals surface area contributed by atoms with Crippen LogP contribution in [0.15, 0.2) is 30.3 Å². The van der Waals surface area contributed by atoms with Crippen LogP contribution in [0.5, 0.6) is 0 Å². The molecule has 0 aliphatic rings. The summed E-state index contributed by atoms with van der Waals surface area (Å²) in [5.74, 6) is -0.507. The highest BCUT2D eigenvalue weighted by Gasteiger charge is 2.23. The Morgan fingerprint density at radius 2 is 1.94 bits per heavy atom. The second-order valence-corrected chi connectivity index (χ2v) is 4.41. The van der Waals surface area contributed by atoms with Crippen LogP contribution in [-0.2, 0) is 9.53 Å². The summed E-state index contributed by atoms with van der Waals surface area (Å²) in [4.78, 5) is 11.4. The molecule has 0 saturated carbocycles. The highest BCUT2D eigenvalue weighted by molar-refractivity contribution is 5.72. The van der Waals surface area contributed by atoms with Crippen molar-refractivity contribution in [2.75, 3.05) is 13.7 Å². The SMILES string of the molecule is COC(=O)C(C)C(C)NC(CO)c1ccccc1. The Kier molecular flexibility index (Phi) is 5.82. The maximum atomic E-state index is 11.4. The third-order valence-corrected chi connectivity index (χ3v) is 3.17. The molecule has 0 fully saturated rings. The Hall–Kier alpha value is -1.39. The van der Waals surface area contributed by atoms with Gasteiger partial charge >= 0.3 is 5.97 Å². The van der Waals surface area contributed by atoms with Crippen molar-refractivity contribution in [3.05, 3.63) is 35.9 Å². The molecule has 1 aromatic rings. The first-order chi connectivity index (χ1) is 8.60. The van der Waals surface area contributed by atoms with Crippen LogP contribution in [0.4, 0.5) is 0 Å². The fourth-order valence-corrected chi connectivity index (χ4v) is 1.79. The van der Waals surface area contributed by atoms with Gasteiger partial charge in [-0.2, -0.15) is 0 Å². The molecule has 0 spiro atoms. The fraction of sp³-hybridized carbons (Fsp3) is 0.500. The normalized spacial score (nSPS) is 15.8. The van der Waals surface area contributed by atoms with Gasteiger partial charge in [0.05, 0.1) is 25.7 Å². The fourth-order valence-electron chi connectivity index (χ4n) is 1.79. The third kappa shape index (κ3) is 3.82. The number of benzene rings is 1. The molecule has 0 aliphatic carbocycles. The summed E-state index contributed by atoms with van der Waals surface area (Å²) in [6.07, 6.45) is 0. The molecule has 100 valence electrons. The van der Waals surface area contributed by atoms with E-state index in [1.54, 1.807) is 0 Å². The molecule has 0 aliphatic heterocycles. The summed E-state index contributed by atoms with van der Waals surface area (Å²) in [5.41, 5.74) is 1.00. The number of aliphatic hydroxyl groups is 1. The minimum atomic E-state index is -0.257. The van der Waals surface area contributed by atoms with Gasteiger partial charge < -0.3 is 15.2 Å². The van der Waals surface area contributed by atoms with Crippen molar-refractivity contribution >= 4 is 5.97 Å². The van der Waals surface area contributed by atoms with E-state index in [4.69, 9.17) is 4.74 Å². The second kappa shape index (κ2) is 7.13. The van der Waals surface area contributed by atoms with E-state index in [9.17, 15) is 9.90 Å². The maximum Gasteiger partial charge on any atom is 0.309 e. The van der Waals surface area contributed by atoms with E-state index in [1.807, 2.05) is 44.2 Å². The van der Waals surface area contributed by atoms with E-state index in [0.717, 1.165) is 5.56 Å². The highest BCUT2D eigenvalue weighted by atomic mass is 16.5. The van der Waals surface area contributed by atoms with E-state index in [2.05, 4.69) is 5.32 Å². The topological polar surface area (TPSA) is 58.6 Å². The molecule has 1 rings (SSSR count). The number of carbonyl (C=O) groups excluding carboxylic acids is 1. The summed E-state index contributed by atoms with van der Waals surface area (Å²) >= 11 is 0. The molecule has 3 unspecified atom stereocenters. The van der Waals surface area contributed by atoms with Gasteiger partial charge in [0, 0.05) is 6.04 Å². The lowest BCUT2D eigenvalue weighted by Gasteiger charge is -2.25. The van der Waals surface area contributed by atoms with Crippen LogP contribution in [0.1, 0.15) is 25.5 Å².